The molecule has 1 saturated carbocycles. The van der Waals surface area contributed by atoms with Gasteiger partial charge in [0, 0.05) is 13.6 Å². The number of hydrogen-bond acceptors (Lipinski definition) is 5. The lowest BCUT2D eigenvalue weighted by atomic mass is 10.1. The standard InChI is InChI=1S/C23H36N6O2.HI/c1-18-27-28-22(29(18)2)17-26-23(25-16-19-10-12-20(30-3)13-11-19)24-14-15-31-21-8-6-4-5-7-9-21;/h10-13,21H,4-9,14-17H2,1-3H3,(H2,24,25,26);1H. The fourth-order valence-electron chi connectivity index (χ4n) is 3.65. The Morgan fingerprint density at radius 3 is 2.44 bits per heavy atom. The first-order valence-electron chi connectivity index (χ1n) is 11.3. The molecule has 1 aliphatic rings. The van der Waals surface area contributed by atoms with Gasteiger partial charge in [0.1, 0.15) is 11.6 Å². The van der Waals surface area contributed by atoms with Crippen LogP contribution in [0.3, 0.4) is 0 Å². The van der Waals surface area contributed by atoms with Crippen molar-refractivity contribution in [3.63, 3.8) is 0 Å². The predicted molar refractivity (Wildman–Crippen MR) is 138 cm³/mol. The quantitative estimate of drug-likeness (QED) is 0.161. The Morgan fingerprint density at radius 1 is 1.09 bits per heavy atom. The molecule has 1 aliphatic carbocycles. The number of methoxy groups -OCH3 is 1. The third-order valence-electron chi connectivity index (χ3n) is 5.73. The van der Waals surface area contributed by atoms with Crippen LogP contribution in [0.4, 0.5) is 0 Å². The zero-order valence-corrected chi connectivity index (χ0v) is 21.8. The fourth-order valence-corrected chi connectivity index (χ4v) is 3.65. The summed E-state index contributed by atoms with van der Waals surface area (Å²) in [7, 11) is 3.64. The Bertz CT molecular complexity index is 816. The molecule has 1 heterocycles. The van der Waals surface area contributed by atoms with E-state index >= 15 is 0 Å². The van der Waals surface area contributed by atoms with Crippen molar-refractivity contribution in [2.45, 2.75) is 64.6 Å². The highest BCUT2D eigenvalue weighted by Gasteiger charge is 2.12. The number of rotatable bonds is 9. The van der Waals surface area contributed by atoms with Crippen molar-refractivity contribution >= 4 is 29.9 Å². The number of guanidine groups is 1. The van der Waals surface area contributed by atoms with Crippen molar-refractivity contribution in [2.75, 3.05) is 20.3 Å². The van der Waals surface area contributed by atoms with E-state index in [1.165, 1.54) is 38.5 Å². The number of aryl methyl sites for hydroxylation is 1. The van der Waals surface area contributed by atoms with E-state index in [9.17, 15) is 0 Å². The van der Waals surface area contributed by atoms with Crippen LogP contribution in [0.1, 0.15) is 55.7 Å². The highest BCUT2D eigenvalue weighted by Crippen LogP contribution is 2.19. The van der Waals surface area contributed by atoms with E-state index in [-0.39, 0.29) is 24.0 Å². The van der Waals surface area contributed by atoms with Crippen molar-refractivity contribution in [2.24, 2.45) is 12.0 Å². The van der Waals surface area contributed by atoms with E-state index in [0.29, 0.717) is 32.3 Å². The van der Waals surface area contributed by atoms with E-state index in [4.69, 9.17) is 14.5 Å². The summed E-state index contributed by atoms with van der Waals surface area (Å²) in [6.45, 7) is 4.45. The van der Waals surface area contributed by atoms with Gasteiger partial charge in [-0.1, -0.05) is 37.8 Å². The Kier molecular flexibility index (Phi) is 11.8. The Labute approximate surface area is 208 Å². The average Bonchev–Trinajstić information content (AvgIpc) is 2.98. The average molecular weight is 556 g/mol. The molecule has 0 unspecified atom stereocenters. The molecule has 0 bridgehead atoms. The molecular formula is C23H37IN6O2. The predicted octanol–water partition coefficient (Wildman–Crippen LogP) is 3.72. The maximum Gasteiger partial charge on any atom is 0.192 e. The summed E-state index contributed by atoms with van der Waals surface area (Å²) in [5.41, 5.74) is 1.12. The van der Waals surface area contributed by atoms with E-state index in [2.05, 4.69) is 20.8 Å². The van der Waals surface area contributed by atoms with Gasteiger partial charge in [-0.05, 0) is 37.5 Å². The molecule has 32 heavy (non-hydrogen) atoms. The molecule has 2 aromatic rings. The highest BCUT2D eigenvalue weighted by molar-refractivity contribution is 14.0. The summed E-state index contributed by atoms with van der Waals surface area (Å²) in [5, 5.41) is 15.1. The number of aromatic nitrogens is 3. The molecule has 1 fully saturated rings. The van der Waals surface area contributed by atoms with Gasteiger partial charge >= 0.3 is 0 Å². The lowest BCUT2D eigenvalue weighted by Crippen LogP contribution is -2.39. The summed E-state index contributed by atoms with van der Waals surface area (Å²) in [5.74, 6) is 3.34. The Hall–Kier alpha value is -1.88. The SMILES string of the molecule is COc1ccc(CN=C(NCCOC2CCCCCC2)NCc2nnc(C)n2C)cc1.I. The van der Waals surface area contributed by atoms with Crippen molar-refractivity contribution in [1.82, 2.24) is 25.4 Å². The van der Waals surface area contributed by atoms with Gasteiger partial charge < -0.3 is 24.7 Å². The van der Waals surface area contributed by atoms with Crippen LogP contribution in [-0.2, 0) is 24.9 Å². The number of ether oxygens (including phenoxy) is 2. The minimum absolute atomic E-state index is 0. The first kappa shape index (κ1) is 26.4. The molecule has 0 aliphatic heterocycles. The monoisotopic (exact) mass is 556 g/mol. The van der Waals surface area contributed by atoms with Crippen molar-refractivity contribution in [1.29, 1.82) is 0 Å². The van der Waals surface area contributed by atoms with Crippen LogP contribution in [-0.4, -0.2) is 47.1 Å². The Balaban J connectivity index is 0.00000363. The molecule has 8 nitrogen and oxygen atoms in total. The minimum Gasteiger partial charge on any atom is -0.497 e. The van der Waals surface area contributed by atoms with Gasteiger partial charge in [0.05, 0.1) is 32.9 Å². The van der Waals surface area contributed by atoms with Crippen LogP contribution in [0.25, 0.3) is 0 Å². The maximum absolute atomic E-state index is 6.10. The molecule has 0 amide bonds. The maximum atomic E-state index is 6.10. The highest BCUT2D eigenvalue weighted by atomic mass is 127. The van der Waals surface area contributed by atoms with E-state index < -0.39 is 0 Å². The van der Waals surface area contributed by atoms with E-state index in [1.807, 2.05) is 42.8 Å². The first-order valence-corrected chi connectivity index (χ1v) is 11.3. The van der Waals surface area contributed by atoms with Crippen molar-refractivity contribution < 1.29 is 9.47 Å². The topological polar surface area (TPSA) is 85.6 Å². The zero-order valence-electron chi connectivity index (χ0n) is 19.5. The van der Waals surface area contributed by atoms with Crippen LogP contribution in [0, 0.1) is 6.92 Å². The molecule has 0 spiro atoms. The molecule has 0 saturated heterocycles. The van der Waals surface area contributed by atoms with Crippen LogP contribution >= 0.6 is 24.0 Å². The van der Waals surface area contributed by atoms with Crippen LogP contribution in [0.15, 0.2) is 29.3 Å². The normalized spacial score (nSPS) is 15.0. The second-order valence-electron chi connectivity index (χ2n) is 8.00. The lowest BCUT2D eigenvalue weighted by Gasteiger charge is -2.17. The molecule has 0 atom stereocenters. The summed E-state index contributed by atoms with van der Waals surface area (Å²) < 4.78 is 13.3. The van der Waals surface area contributed by atoms with Crippen LogP contribution in [0.5, 0.6) is 5.75 Å². The van der Waals surface area contributed by atoms with Gasteiger partial charge in [0.25, 0.3) is 0 Å². The van der Waals surface area contributed by atoms with Gasteiger partial charge in [0.2, 0.25) is 0 Å². The Morgan fingerprint density at radius 2 is 1.81 bits per heavy atom. The summed E-state index contributed by atoms with van der Waals surface area (Å²) in [4.78, 5) is 4.74. The molecule has 2 N–H and O–H groups in total. The van der Waals surface area contributed by atoms with Gasteiger partial charge in [0.15, 0.2) is 11.8 Å². The van der Waals surface area contributed by atoms with Gasteiger partial charge in [-0.15, -0.1) is 34.2 Å². The second kappa shape index (κ2) is 14.3. The fraction of sp³-hybridized carbons (Fsp3) is 0.609. The third kappa shape index (κ3) is 8.57. The first-order chi connectivity index (χ1) is 15.2. The minimum atomic E-state index is 0. The molecule has 3 rings (SSSR count). The smallest absolute Gasteiger partial charge is 0.192 e. The number of halogens is 1. The van der Waals surface area contributed by atoms with Crippen LogP contribution in [0.2, 0.25) is 0 Å². The molecule has 9 heteroatoms. The largest absolute Gasteiger partial charge is 0.497 e. The molecule has 1 aromatic carbocycles. The zero-order chi connectivity index (χ0) is 21.9. The van der Waals surface area contributed by atoms with Gasteiger partial charge in [-0.2, -0.15) is 0 Å². The number of hydrogen-bond donors (Lipinski definition) is 2. The summed E-state index contributed by atoms with van der Waals surface area (Å²) in [6, 6.07) is 7.96. The molecular weight excluding hydrogens is 519 g/mol. The second-order valence-corrected chi connectivity index (χ2v) is 8.00. The summed E-state index contributed by atoms with van der Waals surface area (Å²) in [6.07, 6.45) is 8.01. The van der Waals surface area contributed by atoms with E-state index in [0.717, 1.165) is 28.9 Å². The third-order valence-corrected chi connectivity index (χ3v) is 5.73. The van der Waals surface area contributed by atoms with Crippen molar-refractivity contribution in [3.8, 4) is 5.75 Å². The van der Waals surface area contributed by atoms with Gasteiger partial charge in [-0.25, -0.2) is 4.99 Å². The number of aliphatic imine (C=N–C) groups is 1. The van der Waals surface area contributed by atoms with E-state index in [1.54, 1.807) is 7.11 Å². The van der Waals surface area contributed by atoms with Crippen LogP contribution < -0.4 is 15.4 Å². The number of nitrogens with one attached hydrogen (secondary N) is 2. The number of nitrogens with zero attached hydrogens (tertiary/aromatic N) is 4. The van der Waals surface area contributed by atoms with Gasteiger partial charge in [-0.3, -0.25) is 0 Å². The molecule has 0 radical (unpaired) electrons. The van der Waals surface area contributed by atoms with Crippen molar-refractivity contribution in [3.05, 3.63) is 41.5 Å². The molecule has 1 aromatic heterocycles. The lowest BCUT2D eigenvalue weighted by molar-refractivity contribution is 0.0468. The number of benzene rings is 1. The molecule has 178 valence electrons. The summed E-state index contributed by atoms with van der Waals surface area (Å²) >= 11 is 0.